The number of esters is 3. The van der Waals surface area contributed by atoms with Gasteiger partial charge in [0.05, 0.1) is 19.1 Å². The number of rotatable bonds is 30. The lowest BCUT2D eigenvalue weighted by atomic mass is 9.54. The number of carbonyl (C=O) groups is 4. The second-order valence-electron chi connectivity index (χ2n) is 16.3. The molecule has 0 spiro atoms. The minimum absolute atomic E-state index is 0.00143. The van der Waals surface area contributed by atoms with Crippen LogP contribution in [0, 0.1) is 35.5 Å². The highest BCUT2D eigenvalue weighted by molar-refractivity contribution is 5.71. The van der Waals surface area contributed by atoms with Crippen molar-refractivity contribution in [3.63, 3.8) is 0 Å². The summed E-state index contributed by atoms with van der Waals surface area (Å²) < 4.78 is 27.3. The van der Waals surface area contributed by atoms with Crippen LogP contribution >= 0.6 is 0 Å². The molecular formula is C43H75NO9. The van der Waals surface area contributed by atoms with E-state index in [0.29, 0.717) is 44.1 Å². The van der Waals surface area contributed by atoms with E-state index < -0.39 is 18.0 Å². The maximum Gasteiger partial charge on any atom is 0.508 e. The Balaban J connectivity index is 1.31. The summed E-state index contributed by atoms with van der Waals surface area (Å²) in [7, 11) is 0. The Morgan fingerprint density at radius 2 is 1.15 bits per heavy atom. The van der Waals surface area contributed by atoms with Crippen molar-refractivity contribution in [3.05, 3.63) is 0 Å². The maximum absolute atomic E-state index is 13.1. The lowest BCUT2D eigenvalue weighted by Gasteiger charge is -2.52. The Labute approximate surface area is 321 Å². The minimum Gasteiger partial charge on any atom is -0.466 e. The summed E-state index contributed by atoms with van der Waals surface area (Å²) in [6.07, 6.45) is 21.8. The number of hydrogen-bond acceptors (Lipinski definition) is 10. The molecule has 6 atom stereocenters. The van der Waals surface area contributed by atoms with Gasteiger partial charge >= 0.3 is 24.1 Å². The van der Waals surface area contributed by atoms with E-state index in [1.165, 1.54) is 83.5 Å². The molecule has 0 aromatic carbocycles. The Kier molecular flexibility index (Phi) is 23.2. The summed E-state index contributed by atoms with van der Waals surface area (Å²) in [5, 5.41) is 0. The van der Waals surface area contributed by atoms with Gasteiger partial charge in [-0.3, -0.25) is 14.4 Å². The van der Waals surface area contributed by atoms with Crippen molar-refractivity contribution in [2.45, 2.75) is 162 Å². The molecule has 0 saturated heterocycles. The molecule has 0 aromatic heterocycles. The zero-order chi connectivity index (χ0) is 38.1. The van der Waals surface area contributed by atoms with Gasteiger partial charge in [-0.15, -0.1) is 0 Å². The third kappa shape index (κ3) is 19.2. The fraction of sp³-hybridized carbons (Fsp3) is 0.907. The molecule has 3 aliphatic carbocycles. The molecule has 6 unspecified atom stereocenters. The lowest BCUT2D eigenvalue weighted by Crippen LogP contribution is -2.43. The Morgan fingerprint density at radius 3 is 1.83 bits per heavy atom. The molecule has 53 heavy (non-hydrogen) atoms. The van der Waals surface area contributed by atoms with Gasteiger partial charge in [0, 0.05) is 25.8 Å². The molecular weight excluding hydrogens is 674 g/mol. The third-order valence-corrected chi connectivity index (χ3v) is 12.0. The number of ether oxygens (including phenoxy) is 5. The predicted octanol–water partition coefficient (Wildman–Crippen LogP) is 9.45. The number of hydrogen-bond donors (Lipinski definition) is 0. The summed E-state index contributed by atoms with van der Waals surface area (Å²) in [6.45, 7) is 9.72. The molecule has 3 bridgehead atoms. The van der Waals surface area contributed by atoms with Crippen molar-refractivity contribution >= 4 is 24.1 Å². The fourth-order valence-electron chi connectivity index (χ4n) is 9.02. The molecule has 10 heteroatoms. The fourth-order valence-corrected chi connectivity index (χ4v) is 9.02. The smallest absolute Gasteiger partial charge is 0.466 e. The van der Waals surface area contributed by atoms with Crippen molar-refractivity contribution in [1.29, 1.82) is 0 Å². The lowest BCUT2D eigenvalue weighted by molar-refractivity contribution is -0.152. The van der Waals surface area contributed by atoms with Crippen LogP contribution in [0.4, 0.5) is 4.79 Å². The van der Waals surface area contributed by atoms with Crippen molar-refractivity contribution in [2.24, 2.45) is 35.5 Å². The molecule has 3 saturated carbocycles. The Hall–Kier alpha value is -2.36. The normalized spacial score (nSPS) is 22.3. The van der Waals surface area contributed by atoms with Gasteiger partial charge in [0.2, 0.25) is 0 Å². The van der Waals surface area contributed by atoms with Gasteiger partial charge in [-0.25, -0.2) is 4.79 Å². The van der Waals surface area contributed by atoms with Crippen LogP contribution in [-0.4, -0.2) is 81.6 Å². The predicted molar refractivity (Wildman–Crippen MR) is 206 cm³/mol. The van der Waals surface area contributed by atoms with E-state index in [0.717, 1.165) is 56.7 Å². The average Bonchev–Trinajstić information content (AvgIpc) is 3.14. The van der Waals surface area contributed by atoms with Crippen molar-refractivity contribution in [1.82, 2.24) is 4.90 Å². The monoisotopic (exact) mass is 750 g/mol. The first-order valence-corrected chi connectivity index (χ1v) is 21.8. The second kappa shape index (κ2) is 27.3. The van der Waals surface area contributed by atoms with E-state index in [-0.39, 0.29) is 51.2 Å². The molecule has 0 amide bonds. The minimum atomic E-state index is -0.781. The quantitative estimate of drug-likeness (QED) is 0.0399. The highest BCUT2D eigenvalue weighted by atomic mass is 16.7. The molecule has 0 aromatic rings. The van der Waals surface area contributed by atoms with Gasteiger partial charge in [0.15, 0.2) is 0 Å². The highest BCUT2D eigenvalue weighted by Crippen LogP contribution is 2.55. The topological polar surface area (TPSA) is 118 Å². The van der Waals surface area contributed by atoms with E-state index in [1.807, 2.05) is 0 Å². The van der Waals surface area contributed by atoms with Crippen LogP contribution in [0.2, 0.25) is 0 Å². The van der Waals surface area contributed by atoms with E-state index in [1.54, 1.807) is 0 Å². The van der Waals surface area contributed by atoms with Gasteiger partial charge in [0.1, 0.15) is 19.8 Å². The van der Waals surface area contributed by atoms with Crippen LogP contribution in [-0.2, 0) is 38.1 Å². The Bertz CT molecular complexity index is 1030. The van der Waals surface area contributed by atoms with Crippen molar-refractivity contribution in [3.8, 4) is 0 Å². The maximum atomic E-state index is 13.1. The molecule has 0 radical (unpaired) electrons. The number of unbranched alkanes of at least 4 members (excludes halogenated alkanes) is 10. The number of fused-ring (bicyclic) bond motifs is 2. The summed E-state index contributed by atoms with van der Waals surface area (Å²) in [6, 6.07) is 0. The standard InChI is InChI=1S/C43H75NO9/c1-4-7-8-9-10-11-12-13-14-17-24-49-40(45)19-15-16-20-41(46)51-31-36(33-53-43(48)50-25-18-23-44(5-2)6-3)32-52-42(47)30-38-29-35-26-34-21-22-39(38)37(27-34)28-35/h34-39H,4-33H2,1-3H3. The molecule has 10 nitrogen and oxygen atoms in total. The second-order valence-corrected chi connectivity index (χ2v) is 16.3. The average molecular weight is 750 g/mol. The first-order chi connectivity index (χ1) is 25.8. The summed E-state index contributed by atoms with van der Waals surface area (Å²) in [5.41, 5.74) is 0. The van der Waals surface area contributed by atoms with Gasteiger partial charge in [0.25, 0.3) is 0 Å². The summed E-state index contributed by atoms with van der Waals surface area (Å²) in [5.74, 6) is 2.04. The number of carbonyl (C=O) groups excluding carboxylic acids is 4. The Morgan fingerprint density at radius 1 is 0.566 bits per heavy atom. The molecule has 0 heterocycles. The van der Waals surface area contributed by atoms with Crippen LogP contribution in [0.3, 0.4) is 0 Å². The highest BCUT2D eigenvalue weighted by Gasteiger charge is 2.46. The SMILES string of the molecule is CCCCCCCCCCCCOC(=O)CCCCC(=O)OCC(COC(=O)CC1CC2CC3CCC1C(C3)C2)COC(=O)OCCCN(CC)CC. The van der Waals surface area contributed by atoms with Crippen LogP contribution in [0.15, 0.2) is 0 Å². The zero-order valence-electron chi connectivity index (χ0n) is 33.8. The van der Waals surface area contributed by atoms with E-state index in [9.17, 15) is 19.2 Å². The van der Waals surface area contributed by atoms with E-state index >= 15 is 0 Å². The number of nitrogens with zero attached hydrogens (tertiary/aromatic N) is 1. The van der Waals surface area contributed by atoms with Crippen LogP contribution in [0.1, 0.15) is 162 Å². The zero-order valence-corrected chi connectivity index (χ0v) is 33.8. The summed E-state index contributed by atoms with van der Waals surface area (Å²) in [4.78, 5) is 52.4. The van der Waals surface area contributed by atoms with Gasteiger partial charge in [-0.1, -0.05) is 85.0 Å². The van der Waals surface area contributed by atoms with E-state index in [2.05, 4.69) is 25.7 Å². The van der Waals surface area contributed by atoms with Gasteiger partial charge < -0.3 is 28.6 Å². The molecule has 3 aliphatic rings. The van der Waals surface area contributed by atoms with Crippen molar-refractivity contribution in [2.75, 3.05) is 52.7 Å². The molecule has 0 aliphatic heterocycles. The molecule has 306 valence electrons. The van der Waals surface area contributed by atoms with Crippen LogP contribution in [0.25, 0.3) is 0 Å². The van der Waals surface area contributed by atoms with Crippen LogP contribution in [0.5, 0.6) is 0 Å². The van der Waals surface area contributed by atoms with Gasteiger partial charge in [-0.2, -0.15) is 0 Å². The van der Waals surface area contributed by atoms with Gasteiger partial charge in [-0.05, 0) is 100 Å². The van der Waals surface area contributed by atoms with Crippen molar-refractivity contribution < 1.29 is 42.9 Å². The van der Waals surface area contributed by atoms with Crippen LogP contribution < -0.4 is 0 Å². The third-order valence-electron chi connectivity index (χ3n) is 12.0. The molecule has 0 N–H and O–H groups in total. The first kappa shape index (κ1) is 45.0. The summed E-state index contributed by atoms with van der Waals surface area (Å²) >= 11 is 0. The molecule has 3 fully saturated rings. The molecule has 3 rings (SSSR count). The van der Waals surface area contributed by atoms with E-state index in [4.69, 9.17) is 23.7 Å². The largest absolute Gasteiger partial charge is 0.508 e. The first-order valence-electron chi connectivity index (χ1n) is 21.8.